The Morgan fingerprint density at radius 1 is 1.18 bits per heavy atom. The predicted octanol–water partition coefficient (Wildman–Crippen LogP) is 6.39. The number of fused-ring (bicyclic) bond motifs is 4. The van der Waals surface area contributed by atoms with Crippen molar-refractivity contribution in [3.63, 3.8) is 0 Å². The van der Waals surface area contributed by atoms with Crippen LogP contribution in [0.1, 0.15) is 38.1 Å². The Bertz CT molecular complexity index is 1720. The molecule has 3 aromatic carbocycles. The lowest BCUT2D eigenvalue weighted by molar-refractivity contribution is -0.673. The van der Waals surface area contributed by atoms with Gasteiger partial charge in [-0.15, -0.1) is 0 Å². The van der Waals surface area contributed by atoms with E-state index in [1.807, 2.05) is 31.2 Å². The molecule has 0 spiro atoms. The summed E-state index contributed by atoms with van der Waals surface area (Å²) >= 11 is 1.61. The van der Waals surface area contributed by atoms with Crippen LogP contribution in [0.5, 0.6) is 5.75 Å². The number of methoxy groups -OCH3 is 1. The zero-order valence-corrected chi connectivity index (χ0v) is 24.2. The standard InChI is InChI=1S/C30H32N2O5S2/c1-5-21(17-28-31(6-2)30-23-11-8-7-10-22(23)12-13-25(30)37-28)18-29-32(14-9-15-39(33,34)35)24-16-20(3)26(36-4)19-27(24)38-29/h7-8,10-13,16-19H,5-6,9,14-15H2,1-4H3. The van der Waals surface area contributed by atoms with Crippen LogP contribution in [0.15, 0.2) is 74.5 Å². The average molecular weight is 565 g/mol. The van der Waals surface area contributed by atoms with Crippen molar-refractivity contribution in [2.75, 3.05) is 24.3 Å². The van der Waals surface area contributed by atoms with E-state index in [0.29, 0.717) is 6.54 Å². The van der Waals surface area contributed by atoms with Gasteiger partial charge in [0.1, 0.15) is 12.3 Å². The summed E-state index contributed by atoms with van der Waals surface area (Å²) in [6, 6.07) is 16.5. The highest BCUT2D eigenvalue weighted by Gasteiger charge is 2.27. The molecule has 0 bridgehead atoms. The Morgan fingerprint density at radius 3 is 2.69 bits per heavy atom. The van der Waals surface area contributed by atoms with E-state index in [2.05, 4.69) is 59.7 Å². The maximum Gasteiger partial charge on any atom is 0.374 e. The number of aryl methyl sites for hydroxylation is 2. The van der Waals surface area contributed by atoms with Crippen molar-refractivity contribution in [2.24, 2.45) is 0 Å². The van der Waals surface area contributed by atoms with Gasteiger partial charge in [0.2, 0.25) is 5.58 Å². The predicted molar refractivity (Wildman–Crippen MR) is 156 cm³/mol. The van der Waals surface area contributed by atoms with E-state index in [0.717, 1.165) is 67.8 Å². The summed E-state index contributed by atoms with van der Waals surface area (Å²) in [5, 5.41) is 3.30. The highest BCUT2D eigenvalue weighted by atomic mass is 32.2. The molecule has 0 saturated heterocycles. The number of oxazole rings is 1. The van der Waals surface area contributed by atoms with Gasteiger partial charge in [-0.05, 0) is 73.6 Å². The lowest BCUT2D eigenvalue weighted by Crippen LogP contribution is -2.34. The number of aromatic nitrogens is 1. The highest BCUT2D eigenvalue weighted by Crippen LogP contribution is 2.49. The van der Waals surface area contributed by atoms with Gasteiger partial charge in [-0.1, -0.05) is 43.0 Å². The third-order valence-corrected chi connectivity index (χ3v) is 8.86. The summed E-state index contributed by atoms with van der Waals surface area (Å²) in [5.74, 6) is 1.18. The summed E-state index contributed by atoms with van der Waals surface area (Å²) in [6.45, 7) is 7.38. The van der Waals surface area contributed by atoms with E-state index in [1.54, 1.807) is 18.9 Å². The molecule has 0 saturated carbocycles. The Morgan fingerprint density at radius 2 is 1.97 bits per heavy atom. The van der Waals surface area contributed by atoms with Crippen LogP contribution in [0, 0.1) is 6.92 Å². The zero-order valence-electron chi connectivity index (χ0n) is 22.6. The van der Waals surface area contributed by atoms with E-state index >= 15 is 0 Å². The van der Waals surface area contributed by atoms with Crippen LogP contribution < -0.4 is 14.2 Å². The van der Waals surface area contributed by atoms with Crippen LogP contribution in [-0.2, 0) is 16.7 Å². The van der Waals surface area contributed by atoms with Crippen molar-refractivity contribution in [3.05, 3.63) is 76.7 Å². The molecule has 9 heteroatoms. The van der Waals surface area contributed by atoms with Crippen LogP contribution >= 0.6 is 11.8 Å². The highest BCUT2D eigenvalue weighted by molar-refractivity contribution is 8.03. The smallest absolute Gasteiger partial charge is 0.374 e. The number of anilines is 1. The van der Waals surface area contributed by atoms with Crippen molar-refractivity contribution >= 4 is 55.5 Å². The van der Waals surface area contributed by atoms with Crippen LogP contribution in [0.4, 0.5) is 5.69 Å². The van der Waals surface area contributed by atoms with E-state index in [9.17, 15) is 13.0 Å². The van der Waals surface area contributed by atoms with Crippen molar-refractivity contribution in [3.8, 4) is 5.75 Å². The Balaban J connectivity index is 1.56. The van der Waals surface area contributed by atoms with Crippen molar-refractivity contribution in [1.82, 2.24) is 0 Å². The fourth-order valence-electron chi connectivity index (χ4n) is 5.05. The van der Waals surface area contributed by atoms with Crippen LogP contribution in [0.2, 0.25) is 0 Å². The molecule has 0 aliphatic carbocycles. The molecule has 39 heavy (non-hydrogen) atoms. The molecule has 1 aromatic heterocycles. The van der Waals surface area contributed by atoms with E-state index in [4.69, 9.17) is 9.15 Å². The lowest BCUT2D eigenvalue weighted by Gasteiger charge is -2.22. The first-order valence-corrected chi connectivity index (χ1v) is 15.5. The Hall–Kier alpha value is -3.27. The third-order valence-electron chi connectivity index (χ3n) is 6.98. The maximum atomic E-state index is 11.3. The molecule has 2 heterocycles. The number of nitrogens with zero attached hydrogens (tertiary/aromatic N) is 2. The fraction of sp³-hybridized carbons (Fsp3) is 0.300. The van der Waals surface area contributed by atoms with Gasteiger partial charge in [-0.3, -0.25) is 0 Å². The summed E-state index contributed by atoms with van der Waals surface area (Å²) in [4.78, 5) is 3.13. The fourth-order valence-corrected chi connectivity index (χ4v) is 6.71. The third kappa shape index (κ3) is 5.57. The van der Waals surface area contributed by atoms with Gasteiger partial charge >= 0.3 is 5.89 Å². The lowest BCUT2D eigenvalue weighted by atomic mass is 10.1. The number of hydrogen-bond donors (Lipinski definition) is 0. The first-order chi connectivity index (χ1) is 18.7. The molecular formula is C30H32N2O5S2. The van der Waals surface area contributed by atoms with E-state index in [-0.39, 0.29) is 6.42 Å². The van der Waals surface area contributed by atoms with Crippen molar-refractivity contribution in [1.29, 1.82) is 0 Å². The Labute approximate surface area is 233 Å². The van der Waals surface area contributed by atoms with E-state index in [1.165, 1.54) is 5.39 Å². The summed E-state index contributed by atoms with van der Waals surface area (Å²) in [7, 11) is -2.63. The molecule has 7 nitrogen and oxygen atoms in total. The molecule has 204 valence electrons. The molecule has 0 unspecified atom stereocenters. The average Bonchev–Trinajstić information content (AvgIpc) is 3.43. The molecule has 0 amide bonds. The monoisotopic (exact) mass is 564 g/mol. The topological polar surface area (TPSA) is 86.7 Å². The molecule has 4 aromatic rings. The van der Waals surface area contributed by atoms with Gasteiger partial charge in [-0.25, -0.2) is 8.42 Å². The first kappa shape index (κ1) is 27.3. The summed E-state index contributed by atoms with van der Waals surface area (Å²) < 4.78 is 47.9. The van der Waals surface area contributed by atoms with Gasteiger partial charge < -0.3 is 18.6 Å². The van der Waals surface area contributed by atoms with Crippen molar-refractivity contribution in [2.45, 2.75) is 45.1 Å². The second-order valence-corrected chi connectivity index (χ2v) is 12.1. The number of ether oxygens (including phenoxy) is 1. The number of hydrogen-bond acceptors (Lipinski definition) is 7. The van der Waals surface area contributed by atoms with Gasteiger partial charge in [0.05, 0.1) is 39.4 Å². The molecule has 0 radical (unpaired) electrons. The van der Waals surface area contributed by atoms with E-state index < -0.39 is 15.9 Å². The van der Waals surface area contributed by atoms with Gasteiger partial charge in [-0.2, -0.15) is 4.57 Å². The maximum absolute atomic E-state index is 11.3. The minimum Gasteiger partial charge on any atom is -0.748 e. The molecule has 0 N–H and O–H groups in total. The zero-order chi connectivity index (χ0) is 27.7. The van der Waals surface area contributed by atoms with Crippen LogP contribution in [0.25, 0.3) is 27.9 Å². The second-order valence-electron chi connectivity index (χ2n) is 9.53. The number of rotatable bonds is 9. The number of benzene rings is 3. The van der Waals surface area contributed by atoms with Gasteiger partial charge in [0.25, 0.3) is 5.52 Å². The number of thioether (sulfide) groups is 1. The molecule has 1 aliphatic rings. The summed E-state index contributed by atoms with van der Waals surface area (Å²) in [6.07, 6.45) is 5.23. The van der Waals surface area contributed by atoms with Crippen LogP contribution in [-0.4, -0.2) is 32.4 Å². The quantitative estimate of drug-likeness (QED) is 0.172. The molecule has 1 aliphatic heterocycles. The number of allylic oxidation sites excluding steroid dienone is 2. The minimum atomic E-state index is -4.28. The first-order valence-electron chi connectivity index (χ1n) is 13.1. The van der Waals surface area contributed by atoms with Crippen molar-refractivity contribution < 1.29 is 26.7 Å². The molecule has 0 atom stereocenters. The molecule has 0 fully saturated rings. The van der Waals surface area contributed by atoms with Gasteiger partial charge in [0.15, 0.2) is 0 Å². The SMILES string of the molecule is CCC(/C=C1\Sc2cc(OC)c(C)cc2N1CCCS(=O)(=O)[O-])=C\c1oc2ccc3ccccc3c2[n+]1CC. The van der Waals surface area contributed by atoms with Gasteiger partial charge in [0, 0.05) is 17.2 Å². The second kappa shape index (κ2) is 11.1. The van der Waals surface area contributed by atoms with Crippen LogP contribution in [0.3, 0.4) is 0 Å². The summed E-state index contributed by atoms with van der Waals surface area (Å²) in [5.41, 5.74) is 4.97. The largest absolute Gasteiger partial charge is 0.748 e. The Kier molecular flexibility index (Phi) is 7.75. The normalized spacial score (nSPS) is 15.1. The molecule has 5 rings (SSSR count). The minimum absolute atomic E-state index is 0.242. The molecular weight excluding hydrogens is 532 g/mol.